The number of thioether (sulfide) groups is 1. The van der Waals surface area contributed by atoms with Crippen molar-refractivity contribution in [3.63, 3.8) is 0 Å². The van der Waals surface area contributed by atoms with E-state index >= 15 is 0 Å². The van der Waals surface area contributed by atoms with Crippen molar-refractivity contribution in [1.82, 2.24) is 4.90 Å². The van der Waals surface area contributed by atoms with Gasteiger partial charge in [0.2, 0.25) is 0 Å². The van der Waals surface area contributed by atoms with Crippen LogP contribution in [0.1, 0.15) is 12.8 Å². The maximum Gasteiger partial charge on any atom is 0.0471 e. The van der Waals surface area contributed by atoms with Crippen LogP contribution >= 0.6 is 11.8 Å². The molecule has 3 heteroatoms. The van der Waals surface area contributed by atoms with E-state index in [1.54, 1.807) is 0 Å². The second-order valence-corrected chi connectivity index (χ2v) is 5.00. The van der Waals surface area contributed by atoms with Crippen LogP contribution in [0.5, 0.6) is 0 Å². The minimum absolute atomic E-state index is 0.385. The van der Waals surface area contributed by atoms with Crippen molar-refractivity contribution in [2.24, 2.45) is 5.92 Å². The lowest BCUT2D eigenvalue weighted by Crippen LogP contribution is -2.33. The zero-order valence-electron chi connectivity index (χ0n) is 7.41. The summed E-state index contributed by atoms with van der Waals surface area (Å²) < 4.78 is 0. The van der Waals surface area contributed by atoms with Crippen LogP contribution < -0.4 is 0 Å². The van der Waals surface area contributed by atoms with Crippen molar-refractivity contribution in [3.05, 3.63) is 0 Å². The van der Waals surface area contributed by atoms with Crippen LogP contribution in [0.2, 0.25) is 0 Å². The Morgan fingerprint density at radius 1 is 1.42 bits per heavy atom. The molecule has 0 spiro atoms. The topological polar surface area (TPSA) is 23.5 Å². The van der Waals surface area contributed by atoms with Crippen LogP contribution in [-0.2, 0) is 0 Å². The zero-order chi connectivity index (χ0) is 8.39. The first-order valence-corrected chi connectivity index (χ1v) is 5.98. The fraction of sp³-hybridized carbons (Fsp3) is 1.00. The first-order chi connectivity index (χ1) is 5.90. The molecule has 0 bridgehead atoms. The lowest BCUT2D eigenvalue weighted by atomic mass is 10.1. The van der Waals surface area contributed by atoms with Crippen molar-refractivity contribution in [1.29, 1.82) is 0 Å². The summed E-state index contributed by atoms with van der Waals surface area (Å²) in [5, 5.41) is 8.99. The largest absolute Gasteiger partial charge is 0.396 e. The Labute approximate surface area is 78.3 Å². The van der Waals surface area contributed by atoms with E-state index in [1.165, 1.54) is 30.9 Å². The summed E-state index contributed by atoms with van der Waals surface area (Å²) >= 11 is 2.07. The molecule has 0 unspecified atom stereocenters. The van der Waals surface area contributed by atoms with Gasteiger partial charge < -0.3 is 5.11 Å². The van der Waals surface area contributed by atoms with E-state index in [-0.39, 0.29) is 0 Å². The molecule has 2 heterocycles. The van der Waals surface area contributed by atoms with Gasteiger partial charge in [-0.3, -0.25) is 4.90 Å². The summed E-state index contributed by atoms with van der Waals surface area (Å²) in [7, 11) is 0. The molecule has 0 aromatic rings. The molecule has 2 nitrogen and oxygen atoms in total. The maximum atomic E-state index is 8.99. The molecule has 2 aliphatic rings. The van der Waals surface area contributed by atoms with Crippen LogP contribution in [0.15, 0.2) is 0 Å². The molecule has 0 aromatic heterocycles. The monoisotopic (exact) mass is 187 g/mol. The standard InChI is InChI=1S/C9H17NOS/c11-6-8-1-3-10(5-8)9-2-4-12-7-9/h8-9,11H,1-7H2/t8-,9+/m1/s1. The van der Waals surface area contributed by atoms with Crippen LogP contribution in [0.4, 0.5) is 0 Å². The molecule has 12 heavy (non-hydrogen) atoms. The molecular formula is C9H17NOS. The number of likely N-dealkylation sites (tertiary alicyclic amines) is 1. The van der Waals surface area contributed by atoms with E-state index in [2.05, 4.69) is 16.7 Å². The minimum Gasteiger partial charge on any atom is -0.396 e. The van der Waals surface area contributed by atoms with Crippen molar-refractivity contribution in [2.45, 2.75) is 18.9 Å². The van der Waals surface area contributed by atoms with Crippen molar-refractivity contribution in [2.75, 3.05) is 31.2 Å². The van der Waals surface area contributed by atoms with Crippen molar-refractivity contribution < 1.29 is 5.11 Å². The van der Waals surface area contributed by atoms with E-state index in [4.69, 9.17) is 5.11 Å². The second kappa shape index (κ2) is 3.99. The third kappa shape index (κ3) is 1.78. The third-order valence-corrected chi connectivity index (χ3v) is 4.14. The highest BCUT2D eigenvalue weighted by Gasteiger charge is 2.29. The number of aliphatic hydroxyl groups excluding tert-OH is 1. The van der Waals surface area contributed by atoms with Gasteiger partial charge in [-0.25, -0.2) is 0 Å². The summed E-state index contributed by atoms with van der Waals surface area (Å²) in [5.41, 5.74) is 0. The smallest absolute Gasteiger partial charge is 0.0471 e. The highest BCUT2D eigenvalue weighted by atomic mass is 32.2. The lowest BCUT2D eigenvalue weighted by molar-refractivity contribution is 0.205. The zero-order valence-corrected chi connectivity index (χ0v) is 8.22. The maximum absolute atomic E-state index is 8.99. The molecule has 2 aliphatic heterocycles. The normalized spacial score (nSPS) is 37.8. The molecule has 0 amide bonds. The fourth-order valence-electron chi connectivity index (χ4n) is 2.15. The van der Waals surface area contributed by atoms with Gasteiger partial charge in [-0.1, -0.05) is 0 Å². The summed E-state index contributed by atoms with van der Waals surface area (Å²) in [5.74, 6) is 3.22. The first kappa shape index (κ1) is 8.85. The van der Waals surface area contributed by atoms with Gasteiger partial charge in [-0.2, -0.15) is 11.8 Å². The molecule has 2 fully saturated rings. The van der Waals surface area contributed by atoms with Crippen LogP contribution in [-0.4, -0.2) is 47.3 Å². The predicted molar refractivity (Wildman–Crippen MR) is 52.5 cm³/mol. The van der Waals surface area contributed by atoms with Gasteiger partial charge in [0.15, 0.2) is 0 Å². The van der Waals surface area contributed by atoms with Gasteiger partial charge in [-0.05, 0) is 31.1 Å². The van der Waals surface area contributed by atoms with Crippen LogP contribution in [0, 0.1) is 5.92 Å². The Morgan fingerprint density at radius 3 is 2.92 bits per heavy atom. The number of nitrogens with zero attached hydrogens (tertiary/aromatic N) is 1. The van der Waals surface area contributed by atoms with Gasteiger partial charge >= 0.3 is 0 Å². The van der Waals surface area contributed by atoms with Crippen molar-refractivity contribution >= 4 is 11.8 Å². The highest BCUT2D eigenvalue weighted by molar-refractivity contribution is 7.99. The highest BCUT2D eigenvalue weighted by Crippen LogP contribution is 2.27. The Balaban J connectivity index is 1.81. The van der Waals surface area contributed by atoms with E-state index in [0.29, 0.717) is 12.5 Å². The minimum atomic E-state index is 0.385. The predicted octanol–water partition coefficient (Wildman–Crippen LogP) is 0.806. The average molecular weight is 187 g/mol. The number of hydrogen-bond acceptors (Lipinski definition) is 3. The first-order valence-electron chi connectivity index (χ1n) is 4.83. The van der Waals surface area contributed by atoms with E-state index in [0.717, 1.165) is 12.6 Å². The molecular weight excluding hydrogens is 170 g/mol. The van der Waals surface area contributed by atoms with Gasteiger partial charge in [-0.15, -0.1) is 0 Å². The fourth-order valence-corrected chi connectivity index (χ4v) is 3.41. The van der Waals surface area contributed by atoms with Gasteiger partial charge in [0.05, 0.1) is 0 Å². The van der Waals surface area contributed by atoms with Crippen LogP contribution in [0.3, 0.4) is 0 Å². The van der Waals surface area contributed by atoms with Gasteiger partial charge in [0, 0.05) is 24.9 Å². The summed E-state index contributed by atoms with van der Waals surface area (Å²) in [4.78, 5) is 2.57. The molecule has 2 atom stereocenters. The Hall–Kier alpha value is 0.270. The van der Waals surface area contributed by atoms with Crippen LogP contribution in [0.25, 0.3) is 0 Å². The number of aliphatic hydroxyl groups is 1. The third-order valence-electron chi connectivity index (χ3n) is 3.00. The molecule has 0 aliphatic carbocycles. The molecule has 2 saturated heterocycles. The molecule has 1 N–H and O–H groups in total. The van der Waals surface area contributed by atoms with E-state index in [9.17, 15) is 0 Å². The van der Waals surface area contributed by atoms with E-state index in [1.807, 2.05) is 0 Å². The summed E-state index contributed by atoms with van der Waals surface area (Å²) in [6, 6.07) is 0.826. The Kier molecular flexibility index (Phi) is 2.94. The SMILES string of the molecule is OC[C@@H]1CCN([C@H]2CCSC2)C1. The number of rotatable bonds is 2. The average Bonchev–Trinajstić information content (AvgIpc) is 2.75. The van der Waals surface area contributed by atoms with E-state index < -0.39 is 0 Å². The molecule has 2 rings (SSSR count). The molecule has 0 saturated carbocycles. The lowest BCUT2D eigenvalue weighted by Gasteiger charge is -2.22. The van der Waals surface area contributed by atoms with Gasteiger partial charge in [0.1, 0.15) is 0 Å². The molecule has 0 aromatic carbocycles. The number of hydrogen-bond donors (Lipinski definition) is 1. The molecule has 0 radical (unpaired) electrons. The Morgan fingerprint density at radius 2 is 2.33 bits per heavy atom. The van der Waals surface area contributed by atoms with Gasteiger partial charge in [0.25, 0.3) is 0 Å². The van der Waals surface area contributed by atoms with Crippen molar-refractivity contribution in [3.8, 4) is 0 Å². The molecule has 70 valence electrons. The quantitative estimate of drug-likeness (QED) is 0.692. The second-order valence-electron chi connectivity index (χ2n) is 3.85. The summed E-state index contributed by atoms with van der Waals surface area (Å²) in [6.07, 6.45) is 2.57. The Bertz CT molecular complexity index is 147. The summed E-state index contributed by atoms with van der Waals surface area (Å²) in [6.45, 7) is 2.74.